The quantitative estimate of drug-likeness (QED) is 0.803. The molecule has 3 rings (SSSR count). The predicted molar refractivity (Wildman–Crippen MR) is 92.8 cm³/mol. The van der Waals surface area contributed by atoms with E-state index in [0.717, 1.165) is 50.3 Å². The SMILES string of the molecule is COCCN1CCC[C@H](c2nccnc2-c2cccc(C(F)(F)F)c2)C1. The Morgan fingerprint density at radius 3 is 2.81 bits per heavy atom. The Labute approximate surface area is 151 Å². The molecule has 0 amide bonds. The van der Waals surface area contributed by atoms with Gasteiger partial charge in [0.05, 0.1) is 23.6 Å². The number of methoxy groups -OCH3 is 1. The molecule has 1 aromatic carbocycles. The van der Waals surface area contributed by atoms with Crippen molar-refractivity contribution in [3.8, 4) is 11.3 Å². The number of likely N-dealkylation sites (tertiary alicyclic amines) is 1. The van der Waals surface area contributed by atoms with Gasteiger partial charge in [-0.3, -0.25) is 9.97 Å². The number of halogens is 3. The Morgan fingerprint density at radius 1 is 1.23 bits per heavy atom. The summed E-state index contributed by atoms with van der Waals surface area (Å²) in [5.41, 5.74) is 1.10. The molecule has 0 unspecified atom stereocenters. The Kier molecular flexibility index (Phi) is 5.88. The third-order valence-corrected chi connectivity index (χ3v) is 4.69. The molecule has 0 radical (unpaired) electrons. The fourth-order valence-corrected chi connectivity index (χ4v) is 3.41. The van der Waals surface area contributed by atoms with Gasteiger partial charge in [-0.25, -0.2) is 0 Å². The van der Waals surface area contributed by atoms with Gasteiger partial charge in [-0.05, 0) is 31.5 Å². The van der Waals surface area contributed by atoms with Crippen LogP contribution < -0.4 is 0 Å². The summed E-state index contributed by atoms with van der Waals surface area (Å²) < 4.78 is 44.3. The first kappa shape index (κ1) is 18.8. The Balaban J connectivity index is 1.89. The molecule has 0 aliphatic carbocycles. The van der Waals surface area contributed by atoms with Gasteiger partial charge in [0.1, 0.15) is 0 Å². The van der Waals surface area contributed by atoms with Crippen LogP contribution in [0.1, 0.15) is 30.0 Å². The number of hydrogen-bond donors (Lipinski definition) is 0. The molecule has 2 heterocycles. The zero-order valence-electron chi connectivity index (χ0n) is 14.7. The predicted octanol–water partition coefficient (Wildman–Crippen LogP) is 3.99. The summed E-state index contributed by atoms with van der Waals surface area (Å²) in [6.07, 6.45) is 0.743. The molecule has 0 bridgehead atoms. The summed E-state index contributed by atoms with van der Waals surface area (Å²) in [7, 11) is 1.68. The molecule has 0 spiro atoms. The second kappa shape index (κ2) is 8.14. The number of piperidine rings is 1. The lowest BCUT2D eigenvalue weighted by molar-refractivity contribution is -0.137. The van der Waals surface area contributed by atoms with Gasteiger partial charge in [0, 0.05) is 44.1 Å². The molecule has 1 aromatic heterocycles. The molecule has 1 aliphatic heterocycles. The second-order valence-electron chi connectivity index (χ2n) is 6.50. The van der Waals surface area contributed by atoms with E-state index in [1.54, 1.807) is 19.4 Å². The lowest BCUT2D eigenvalue weighted by atomic mass is 9.91. The van der Waals surface area contributed by atoms with E-state index in [1.165, 1.54) is 12.3 Å². The van der Waals surface area contributed by atoms with Gasteiger partial charge < -0.3 is 9.64 Å². The molecule has 4 nitrogen and oxygen atoms in total. The van der Waals surface area contributed by atoms with Crippen LogP contribution in [0, 0.1) is 0 Å². The zero-order chi connectivity index (χ0) is 18.6. The smallest absolute Gasteiger partial charge is 0.383 e. The molecule has 7 heteroatoms. The third kappa shape index (κ3) is 4.40. The van der Waals surface area contributed by atoms with Gasteiger partial charge in [0.25, 0.3) is 0 Å². The molecular formula is C19H22F3N3O. The molecule has 1 fully saturated rings. The highest BCUT2D eigenvalue weighted by molar-refractivity contribution is 5.63. The fraction of sp³-hybridized carbons (Fsp3) is 0.474. The first-order valence-electron chi connectivity index (χ1n) is 8.69. The van der Waals surface area contributed by atoms with Crippen molar-refractivity contribution in [1.82, 2.24) is 14.9 Å². The van der Waals surface area contributed by atoms with Crippen LogP contribution in [0.15, 0.2) is 36.7 Å². The van der Waals surface area contributed by atoms with Crippen molar-refractivity contribution in [3.63, 3.8) is 0 Å². The van der Waals surface area contributed by atoms with E-state index in [0.29, 0.717) is 17.9 Å². The van der Waals surface area contributed by atoms with Crippen LogP contribution >= 0.6 is 0 Å². The van der Waals surface area contributed by atoms with Crippen LogP contribution in [0.4, 0.5) is 13.2 Å². The van der Waals surface area contributed by atoms with Gasteiger partial charge in [-0.15, -0.1) is 0 Å². The number of aromatic nitrogens is 2. The van der Waals surface area contributed by atoms with Gasteiger partial charge in [0.15, 0.2) is 0 Å². The molecule has 26 heavy (non-hydrogen) atoms. The number of hydrogen-bond acceptors (Lipinski definition) is 4. The lowest BCUT2D eigenvalue weighted by Crippen LogP contribution is -2.37. The summed E-state index contributed by atoms with van der Waals surface area (Å²) >= 11 is 0. The van der Waals surface area contributed by atoms with Crippen molar-refractivity contribution < 1.29 is 17.9 Å². The summed E-state index contributed by atoms with van der Waals surface area (Å²) in [6.45, 7) is 3.31. The minimum atomic E-state index is -4.37. The lowest BCUT2D eigenvalue weighted by Gasteiger charge is -2.32. The monoisotopic (exact) mass is 365 g/mol. The fourth-order valence-electron chi connectivity index (χ4n) is 3.41. The third-order valence-electron chi connectivity index (χ3n) is 4.69. The Morgan fingerprint density at radius 2 is 2.04 bits per heavy atom. The van der Waals surface area contributed by atoms with Crippen LogP contribution in [0.2, 0.25) is 0 Å². The Bertz CT molecular complexity index is 736. The summed E-state index contributed by atoms with van der Waals surface area (Å²) in [6, 6.07) is 5.31. The van der Waals surface area contributed by atoms with Gasteiger partial charge in [0.2, 0.25) is 0 Å². The van der Waals surface area contributed by atoms with Gasteiger partial charge in [-0.1, -0.05) is 12.1 Å². The summed E-state index contributed by atoms with van der Waals surface area (Å²) in [5.74, 6) is 0.152. The van der Waals surface area contributed by atoms with E-state index in [9.17, 15) is 13.2 Å². The number of alkyl halides is 3. The first-order chi connectivity index (χ1) is 12.5. The van der Waals surface area contributed by atoms with Crippen LogP contribution in [0.25, 0.3) is 11.3 Å². The van der Waals surface area contributed by atoms with Crippen LogP contribution in [0.5, 0.6) is 0 Å². The van der Waals surface area contributed by atoms with Gasteiger partial charge >= 0.3 is 6.18 Å². The Hall–Kier alpha value is -1.99. The van der Waals surface area contributed by atoms with E-state index in [-0.39, 0.29) is 5.92 Å². The van der Waals surface area contributed by atoms with Crippen molar-refractivity contribution in [2.45, 2.75) is 24.9 Å². The van der Waals surface area contributed by atoms with E-state index >= 15 is 0 Å². The van der Waals surface area contributed by atoms with Crippen molar-refractivity contribution in [1.29, 1.82) is 0 Å². The van der Waals surface area contributed by atoms with Crippen LogP contribution in [-0.4, -0.2) is 48.2 Å². The zero-order valence-corrected chi connectivity index (χ0v) is 14.7. The average Bonchev–Trinajstić information content (AvgIpc) is 2.66. The minimum absolute atomic E-state index is 0.152. The molecule has 1 atom stereocenters. The first-order valence-corrected chi connectivity index (χ1v) is 8.69. The number of benzene rings is 1. The normalized spacial score (nSPS) is 18.8. The van der Waals surface area contributed by atoms with E-state index in [4.69, 9.17) is 4.74 Å². The highest BCUT2D eigenvalue weighted by Gasteiger charge is 2.31. The van der Waals surface area contributed by atoms with Crippen molar-refractivity contribution >= 4 is 0 Å². The number of nitrogens with zero attached hydrogens (tertiary/aromatic N) is 3. The maximum atomic E-state index is 13.1. The average molecular weight is 365 g/mol. The molecule has 1 aliphatic rings. The standard InChI is InChI=1S/C19H22F3N3O/c1-26-11-10-25-9-3-5-15(13-25)18-17(23-7-8-24-18)14-4-2-6-16(12-14)19(20,21)22/h2,4,6-8,12,15H,3,5,9-11,13H2,1H3/t15-/m0/s1. The number of ether oxygens (including phenoxy) is 1. The largest absolute Gasteiger partial charge is 0.416 e. The topological polar surface area (TPSA) is 38.2 Å². The van der Waals surface area contributed by atoms with Crippen LogP contribution in [0.3, 0.4) is 0 Å². The molecule has 0 saturated carbocycles. The van der Waals surface area contributed by atoms with E-state index < -0.39 is 11.7 Å². The van der Waals surface area contributed by atoms with E-state index in [2.05, 4.69) is 14.9 Å². The van der Waals surface area contributed by atoms with E-state index in [1.807, 2.05) is 0 Å². The summed E-state index contributed by atoms with van der Waals surface area (Å²) in [4.78, 5) is 11.2. The van der Waals surface area contributed by atoms with Gasteiger partial charge in [-0.2, -0.15) is 13.2 Å². The number of rotatable bonds is 5. The molecule has 140 valence electrons. The molecular weight excluding hydrogens is 343 g/mol. The van der Waals surface area contributed by atoms with Crippen LogP contribution in [-0.2, 0) is 10.9 Å². The van der Waals surface area contributed by atoms with Crippen molar-refractivity contribution in [3.05, 3.63) is 47.9 Å². The maximum absolute atomic E-state index is 13.1. The maximum Gasteiger partial charge on any atom is 0.416 e. The van der Waals surface area contributed by atoms with Crippen molar-refractivity contribution in [2.24, 2.45) is 0 Å². The highest BCUT2D eigenvalue weighted by Crippen LogP contribution is 2.35. The second-order valence-corrected chi connectivity index (χ2v) is 6.50. The minimum Gasteiger partial charge on any atom is -0.383 e. The molecule has 1 saturated heterocycles. The summed E-state index contributed by atoms with van der Waals surface area (Å²) in [5, 5.41) is 0. The van der Waals surface area contributed by atoms with Crippen molar-refractivity contribution in [2.75, 3.05) is 33.4 Å². The molecule has 2 aromatic rings. The highest BCUT2D eigenvalue weighted by atomic mass is 19.4. The molecule has 0 N–H and O–H groups in total.